The number of carbonyl (C=O) groups is 2. The number of halogens is 4. The predicted molar refractivity (Wildman–Crippen MR) is 118 cm³/mol. The first kappa shape index (κ1) is 25.8. The van der Waals surface area contributed by atoms with Gasteiger partial charge in [0.1, 0.15) is 20.7 Å². The van der Waals surface area contributed by atoms with Crippen molar-refractivity contribution in [3.63, 3.8) is 0 Å². The molecule has 1 heterocycles. The molecule has 10 heteroatoms. The molecule has 0 bridgehead atoms. The quantitative estimate of drug-likeness (QED) is 0.433. The maximum absolute atomic E-state index is 13.3. The summed E-state index contributed by atoms with van der Waals surface area (Å²) in [6, 6.07) is -1.03. The molecular weight excluding hydrogens is 464 g/mol. The summed E-state index contributed by atoms with van der Waals surface area (Å²) < 4.78 is 0. The first-order chi connectivity index (χ1) is 13.1. The van der Waals surface area contributed by atoms with Crippen molar-refractivity contribution in [3.05, 3.63) is 16.6 Å². The highest BCUT2D eigenvalue weighted by Gasteiger charge is 2.33. The van der Waals surface area contributed by atoms with E-state index in [4.69, 9.17) is 46.4 Å². The zero-order valence-electron chi connectivity index (χ0n) is 16.4. The Morgan fingerprint density at radius 3 is 2.18 bits per heavy atom. The van der Waals surface area contributed by atoms with Gasteiger partial charge in [-0.2, -0.15) is 0 Å². The monoisotopic (exact) mass is 489 g/mol. The van der Waals surface area contributed by atoms with Gasteiger partial charge in [0.25, 0.3) is 0 Å². The van der Waals surface area contributed by atoms with Crippen molar-refractivity contribution in [1.29, 1.82) is 0 Å². The summed E-state index contributed by atoms with van der Waals surface area (Å²) >= 11 is 25.4. The number of rotatable bonds is 11. The van der Waals surface area contributed by atoms with Gasteiger partial charge >= 0.3 is 0 Å². The van der Waals surface area contributed by atoms with Gasteiger partial charge in [-0.25, -0.2) is 4.98 Å². The molecule has 28 heavy (non-hydrogen) atoms. The van der Waals surface area contributed by atoms with Gasteiger partial charge in [-0.15, -0.1) is 57.7 Å². The molecular formula is C18H27Cl4N3O2S. The molecule has 0 saturated carbocycles. The van der Waals surface area contributed by atoms with Crippen LogP contribution in [0.1, 0.15) is 51.1 Å². The molecule has 0 fully saturated rings. The number of amides is 2. The van der Waals surface area contributed by atoms with E-state index in [0.717, 1.165) is 5.01 Å². The second-order valence-electron chi connectivity index (χ2n) is 6.90. The summed E-state index contributed by atoms with van der Waals surface area (Å²) in [6.07, 6.45) is 2.85. The van der Waals surface area contributed by atoms with E-state index in [0.29, 0.717) is 12.8 Å². The van der Waals surface area contributed by atoms with Gasteiger partial charge in [-0.05, 0) is 24.7 Å². The van der Waals surface area contributed by atoms with E-state index < -0.39 is 15.7 Å². The largest absolute Gasteiger partial charge is 0.344 e. The number of nitrogens with one attached hydrogen (secondary N) is 1. The number of hydrogen-bond donors (Lipinski definition) is 1. The zero-order chi connectivity index (χ0) is 21.4. The van der Waals surface area contributed by atoms with Crippen LogP contribution in [-0.4, -0.2) is 44.5 Å². The molecule has 1 N–H and O–H groups in total. The molecule has 0 aliphatic carbocycles. The number of aromatic nitrogens is 1. The van der Waals surface area contributed by atoms with Crippen LogP contribution < -0.4 is 5.32 Å². The van der Waals surface area contributed by atoms with Crippen LogP contribution in [-0.2, 0) is 9.59 Å². The Morgan fingerprint density at radius 2 is 1.71 bits per heavy atom. The third-order valence-corrected chi connectivity index (χ3v) is 7.17. The topological polar surface area (TPSA) is 62.3 Å². The molecule has 1 aromatic heterocycles. The lowest BCUT2D eigenvalue weighted by Crippen LogP contribution is -2.49. The highest BCUT2D eigenvalue weighted by Crippen LogP contribution is 2.33. The van der Waals surface area contributed by atoms with E-state index in [1.54, 1.807) is 25.1 Å². The minimum atomic E-state index is -0.729. The average molecular weight is 491 g/mol. The Morgan fingerprint density at radius 1 is 1.14 bits per heavy atom. The van der Waals surface area contributed by atoms with Crippen molar-refractivity contribution < 1.29 is 9.59 Å². The fraction of sp³-hybridized carbons (Fsp3) is 0.722. The van der Waals surface area contributed by atoms with E-state index in [-0.39, 0.29) is 36.1 Å². The van der Waals surface area contributed by atoms with Crippen LogP contribution in [0.5, 0.6) is 0 Å². The molecule has 2 amide bonds. The Bertz CT molecular complexity index is 616. The minimum absolute atomic E-state index is 0.0508. The van der Waals surface area contributed by atoms with Gasteiger partial charge in [-0.3, -0.25) is 9.59 Å². The number of nitrogens with zero attached hydrogens (tertiary/aromatic N) is 2. The molecule has 0 unspecified atom stereocenters. The number of likely N-dealkylation sites (N-methyl/N-ethyl adjacent to an activating group) is 1. The van der Waals surface area contributed by atoms with Crippen molar-refractivity contribution >= 4 is 69.6 Å². The third kappa shape index (κ3) is 7.86. The van der Waals surface area contributed by atoms with Crippen molar-refractivity contribution in [1.82, 2.24) is 15.2 Å². The second-order valence-corrected chi connectivity index (χ2v) is 10.2. The molecule has 1 aromatic rings. The van der Waals surface area contributed by atoms with Crippen molar-refractivity contribution in [2.45, 2.75) is 61.8 Å². The first-order valence-corrected chi connectivity index (χ1v) is 11.7. The third-order valence-electron chi connectivity index (χ3n) is 4.57. The molecule has 0 spiro atoms. The van der Waals surface area contributed by atoms with Crippen LogP contribution in [0.4, 0.5) is 0 Å². The lowest BCUT2D eigenvalue weighted by molar-refractivity contribution is -0.138. The summed E-state index contributed by atoms with van der Waals surface area (Å²) in [5.74, 6) is -0.656. The number of hydrogen-bond acceptors (Lipinski definition) is 4. The Labute approximate surface area is 191 Å². The standard InChI is InChI=1S/C18H27Cl4N3O2S/c1-5-14(26)24-12(8-10(2)15(19)20)18(27)25(4)13(9-11(3)16(21)22)17-23-6-7-28-17/h6-7,10-13,15-16H,5,8-9H2,1-4H3,(H,24,26)/t10-,11-,12-,13-/m0/s1. The summed E-state index contributed by atoms with van der Waals surface area (Å²) in [5.41, 5.74) is 0. The molecule has 1 rings (SSSR count). The summed E-state index contributed by atoms with van der Waals surface area (Å²) in [4.78, 5) is 30.0. The van der Waals surface area contributed by atoms with Gasteiger partial charge in [-0.1, -0.05) is 20.8 Å². The molecule has 0 saturated heterocycles. The highest BCUT2D eigenvalue weighted by molar-refractivity contribution is 7.09. The van der Waals surface area contributed by atoms with Gasteiger partial charge in [0.15, 0.2) is 0 Å². The summed E-state index contributed by atoms with van der Waals surface area (Å²) in [6.45, 7) is 5.50. The predicted octanol–water partition coefficient (Wildman–Crippen LogP) is 5.20. The normalized spacial score (nSPS) is 15.9. The van der Waals surface area contributed by atoms with Gasteiger partial charge in [0.05, 0.1) is 6.04 Å². The number of thiazole rings is 1. The first-order valence-electron chi connectivity index (χ1n) is 9.10. The molecule has 0 radical (unpaired) electrons. The average Bonchev–Trinajstić information content (AvgIpc) is 3.17. The number of alkyl halides is 4. The van der Waals surface area contributed by atoms with Gasteiger partial charge in [0, 0.05) is 25.0 Å². The lowest BCUT2D eigenvalue weighted by atomic mass is 9.99. The van der Waals surface area contributed by atoms with Crippen LogP contribution in [0.25, 0.3) is 0 Å². The van der Waals surface area contributed by atoms with Crippen LogP contribution in [0.3, 0.4) is 0 Å². The second kappa shape index (κ2) is 12.4. The van der Waals surface area contributed by atoms with E-state index in [1.807, 2.05) is 19.2 Å². The maximum Gasteiger partial charge on any atom is 0.245 e. The fourth-order valence-electron chi connectivity index (χ4n) is 2.67. The molecule has 0 aliphatic rings. The molecule has 160 valence electrons. The molecule has 5 nitrogen and oxygen atoms in total. The SMILES string of the molecule is CCC(=O)N[C@@H](C[C@H](C)C(Cl)Cl)C(=O)N(C)[C@@H](C[C@H](C)C(Cl)Cl)c1nccs1. The maximum atomic E-state index is 13.3. The minimum Gasteiger partial charge on any atom is -0.344 e. The van der Waals surface area contributed by atoms with E-state index in [1.165, 1.54) is 11.3 Å². The van der Waals surface area contributed by atoms with Crippen LogP contribution in [0.15, 0.2) is 11.6 Å². The zero-order valence-corrected chi connectivity index (χ0v) is 20.2. The van der Waals surface area contributed by atoms with Crippen LogP contribution >= 0.6 is 57.7 Å². The molecule has 0 aromatic carbocycles. The van der Waals surface area contributed by atoms with E-state index >= 15 is 0 Å². The number of carbonyl (C=O) groups excluding carboxylic acids is 2. The Hall–Kier alpha value is -0.270. The summed E-state index contributed by atoms with van der Waals surface area (Å²) in [7, 11) is 1.70. The molecule has 4 atom stereocenters. The fourth-order valence-corrected chi connectivity index (χ4v) is 3.88. The van der Waals surface area contributed by atoms with Gasteiger partial charge in [0.2, 0.25) is 11.8 Å². The van der Waals surface area contributed by atoms with Gasteiger partial charge < -0.3 is 10.2 Å². The van der Waals surface area contributed by atoms with Crippen molar-refractivity contribution in [2.75, 3.05) is 7.05 Å². The summed E-state index contributed by atoms with van der Waals surface area (Å²) in [5, 5.41) is 5.44. The van der Waals surface area contributed by atoms with Crippen molar-refractivity contribution in [3.8, 4) is 0 Å². The Kier molecular flexibility index (Phi) is 11.4. The van der Waals surface area contributed by atoms with Crippen molar-refractivity contribution in [2.24, 2.45) is 11.8 Å². The highest BCUT2D eigenvalue weighted by atomic mass is 35.5. The van der Waals surface area contributed by atoms with Crippen LogP contribution in [0, 0.1) is 11.8 Å². The van der Waals surface area contributed by atoms with Crippen LogP contribution in [0.2, 0.25) is 0 Å². The van der Waals surface area contributed by atoms with E-state index in [9.17, 15) is 9.59 Å². The molecule has 0 aliphatic heterocycles. The van der Waals surface area contributed by atoms with E-state index in [2.05, 4.69) is 10.3 Å². The smallest absolute Gasteiger partial charge is 0.245 e. The lowest BCUT2D eigenvalue weighted by Gasteiger charge is -2.33. The Balaban J connectivity index is 3.08.